The number of phenolic OH excluding ortho intramolecular Hbond substituents is 1. The van der Waals surface area contributed by atoms with Crippen LogP contribution in [0.25, 0.3) is 0 Å². The van der Waals surface area contributed by atoms with Gasteiger partial charge in [-0.15, -0.1) is 0 Å². The van der Waals surface area contributed by atoms with Crippen LogP contribution in [0.4, 0.5) is 0 Å². The van der Waals surface area contributed by atoms with E-state index in [4.69, 9.17) is 0 Å². The third-order valence-corrected chi connectivity index (χ3v) is 4.09. The first-order valence-corrected chi connectivity index (χ1v) is 7.05. The topological polar surface area (TPSA) is 20.2 Å². The molecule has 1 nitrogen and oxygen atoms in total. The van der Waals surface area contributed by atoms with Crippen molar-refractivity contribution in [3.05, 3.63) is 52.5 Å². The molecule has 2 aromatic rings. The van der Waals surface area contributed by atoms with E-state index < -0.39 is 0 Å². The van der Waals surface area contributed by atoms with Crippen molar-refractivity contribution < 1.29 is 5.11 Å². The summed E-state index contributed by atoms with van der Waals surface area (Å²) in [5.74, 6) is 0.306. The van der Waals surface area contributed by atoms with Gasteiger partial charge >= 0.3 is 0 Å². The van der Waals surface area contributed by atoms with Gasteiger partial charge in [-0.2, -0.15) is 0 Å². The van der Waals surface area contributed by atoms with E-state index in [1.54, 1.807) is 23.9 Å². The number of phenols is 1. The molecule has 0 radical (unpaired) electrons. The van der Waals surface area contributed by atoms with E-state index in [9.17, 15) is 5.11 Å². The highest BCUT2D eigenvalue weighted by Crippen LogP contribution is 2.33. The average Bonchev–Trinajstić information content (AvgIpc) is 2.34. The second kappa shape index (κ2) is 5.61. The number of aromatic hydroxyl groups is 1. The highest BCUT2D eigenvalue weighted by Gasteiger charge is 2.04. The maximum atomic E-state index is 9.24. The Morgan fingerprint density at radius 2 is 1.82 bits per heavy atom. The van der Waals surface area contributed by atoms with Crippen LogP contribution in [0.5, 0.6) is 5.75 Å². The molecule has 0 aliphatic heterocycles. The van der Waals surface area contributed by atoms with Crippen LogP contribution in [-0.4, -0.2) is 5.11 Å². The van der Waals surface area contributed by atoms with E-state index in [2.05, 4.69) is 41.1 Å². The van der Waals surface area contributed by atoms with E-state index in [0.717, 1.165) is 15.8 Å². The predicted octanol–water partition coefficient (Wildman–Crippen LogP) is 4.87. The summed E-state index contributed by atoms with van der Waals surface area (Å²) in [7, 11) is 0. The fourth-order valence-corrected chi connectivity index (χ4v) is 2.97. The zero-order chi connectivity index (χ0) is 12.3. The number of hydrogen-bond acceptors (Lipinski definition) is 2. The third kappa shape index (κ3) is 3.27. The average molecular weight is 309 g/mol. The largest absolute Gasteiger partial charge is 0.508 e. The van der Waals surface area contributed by atoms with Gasteiger partial charge in [-0.05, 0) is 54.4 Å². The monoisotopic (exact) mass is 308 g/mol. The molecule has 2 aromatic carbocycles. The summed E-state index contributed by atoms with van der Waals surface area (Å²) in [4.78, 5) is 2.40. The normalized spacial score (nSPS) is 10.5. The van der Waals surface area contributed by atoms with Gasteiger partial charge in [-0.25, -0.2) is 0 Å². The first-order valence-electron chi connectivity index (χ1n) is 5.44. The van der Waals surface area contributed by atoms with E-state index in [1.165, 1.54) is 10.5 Å². The SMILES string of the molecule is CCc1cc(Br)ccc1Sc1ccc(O)cc1. The van der Waals surface area contributed by atoms with Gasteiger partial charge in [0.2, 0.25) is 0 Å². The fourth-order valence-electron chi connectivity index (χ4n) is 1.57. The summed E-state index contributed by atoms with van der Waals surface area (Å²) in [6.07, 6.45) is 1.01. The lowest BCUT2D eigenvalue weighted by atomic mass is 10.2. The summed E-state index contributed by atoms with van der Waals surface area (Å²) in [5, 5.41) is 9.24. The van der Waals surface area contributed by atoms with Crippen molar-refractivity contribution in [1.82, 2.24) is 0 Å². The third-order valence-electron chi connectivity index (χ3n) is 2.47. The molecule has 0 heterocycles. The Hall–Kier alpha value is -0.930. The summed E-state index contributed by atoms with van der Waals surface area (Å²) in [5.41, 5.74) is 1.33. The smallest absolute Gasteiger partial charge is 0.115 e. The Balaban J connectivity index is 2.26. The van der Waals surface area contributed by atoms with Crippen LogP contribution in [0.1, 0.15) is 12.5 Å². The second-order valence-electron chi connectivity index (χ2n) is 3.70. The highest BCUT2D eigenvalue weighted by molar-refractivity contribution is 9.10. The summed E-state index contributed by atoms with van der Waals surface area (Å²) < 4.78 is 1.12. The van der Waals surface area contributed by atoms with Gasteiger partial charge in [0, 0.05) is 14.3 Å². The van der Waals surface area contributed by atoms with Gasteiger partial charge in [0.1, 0.15) is 5.75 Å². The zero-order valence-electron chi connectivity index (χ0n) is 9.48. The molecule has 0 amide bonds. The molecule has 17 heavy (non-hydrogen) atoms. The van der Waals surface area contributed by atoms with E-state index in [1.807, 2.05) is 12.1 Å². The number of aryl methyl sites for hydroxylation is 1. The van der Waals surface area contributed by atoms with Crippen molar-refractivity contribution >= 4 is 27.7 Å². The zero-order valence-corrected chi connectivity index (χ0v) is 11.9. The van der Waals surface area contributed by atoms with Gasteiger partial charge < -0.3 is 5.11 Å². The Morgan fingerprint density at radius 1 is 1.12 bits per heavy atom. The second-order valence-corrected chi connectivity index (χ2v) is 5.73. The molecule has 0 atom stereocenters. The van der Waals surface area contributed by atoms with Crippen LogP contribution in [0.15, 0.2) is 56.7 Å². The van der Waals surface area contributed by atoms with Crippen LogP contribution in [-0.2, 0) is 6.42 Å². The molecule has 1 N–H and O–H groups in total. The van der Waals surface area contributed by atoms with E-state index in [0.29, 0.717) is 5.75 Å². The number of halogens is 1. The minimum absolute atomic E-state index is 0.306. The molecule has 0 aromatic heterocycles. The van der Waals surface area contributed by atoms with Crippen LogP contribution in [0, 0.1) is 0 Å². The molecular weight excluding hydrogens is 296 g/mol. The van der Waals surface area contributed by atoms with Gasteiger partial charge in [-0.1, -0.05) is 34.6 Å². The molecule has 3 heteroatoms. The van der Waals surface area contributed by atoms with Gasteiger partial charge in [-0.3, -0.25) is 0 Å². The maximum Gasteiger partial charge on any atom is 0.115 e. The lowest BCUT2D eigenvalue weighted by molar-refractivity contribution is 0.475. The molecule has 0 unspecified atom stereocenters. The first kappa shape index (κ1) is 12.5. The predicted molar refractivity (Wildman–Crippen MR) is 75.7 cm³/mol. The minimum atomic E-state index is 0.306. The lowest BCUT2D eigenvalue weighted by Gasteiger charge is -2.08. The number of hydrogen-bond donors (Lipinski definition) is 1. The molecule has 2 rings (SSSR count). The van der Waals surface area contributed by atoms with Crippen LogP contribution < -0.4 is 0 Å². The molecule has 0 bridgehead atoms. The highest BCUT2D eigenvalue weighted by atomic mass is 79.9. The fraction of sp³-hybridized carbons (Fsp3) is 0.143. The van der Waals surface area contributed by atoms with Gasteiger partial charge in [0.25, 0.3) is 0 Å². The van der Waals surface area contributed by atoms with Gasteiger partial charge in [0.05, 0.1) is 0 Å². The van der Waals surface area contributed by atoms with Gasteiger partial charge in [0.15, 0.2) is 0 Å². The molecule has 0 spiro atoms. The Bertz CT molecular complexity index is 508. The molecule has 0 aliphatic carbocycles. The Morgan fingerprint density at radius 3 is 2.47 bits per heavy atom. The molecule has 0 saturated carbocycles. The molecule has 0 saturated heterocycles. The minimum Gasteiger partial charge on any atom is -0.508 e. The van der Waals surface area contributed by atoms with Crippen LogP contribution in [0.3, 0.4) is 0 Å². The van der Waals surface area contributed by atoms with Crippen molar-refractivity contribution in [3.63, 3.8) is 0 Å². The lowest BCUT2D eigenvalue weighted by Crippen LogP contribution is -1.85. The molecule has 88 valence electrons. The quantitative estimate of drug-likeness (QED) is 0.873. The van der Waals surface area contributed by atoms with E-state index in [-0.39, 0.29) is 0 Å². The van der Waals surface area contributed by atoms with Crippen LogP contribution in [0.2, 0.25) is 0 Å². The van der Waals surface area contributed by atoms with Crippen molar-refractivity contribution in [2.45, 2.75) is 23.1 Å². The Labute approximate surface area is 114 Å². The Kier molecular flexibility index (Phi) is 4.13. The number of rotatable bonds is 3. The van der Waals surface area contributed by atoms with Crippen molar-refractivity contribution in [1.29, 1.82) is 0 Å². The summed E-state index contributed by atoms with van der Waals surface area (Å²) in [6.45, 7) is 2.16. The van der Waals surface area contributed by atoms with Crippen molar-refractivity contribution in [2.75, 3.05) is 0 Å². The first-order chi connectivity index (χ1) is 8.19. The maximum absolute atomic E-state index is 9.24. The van der Waals surface area contributed by atoms with Crippen LogP contribution >= 0.6 is 27.7 Å². The molecule has 0 aliphatic rings. The standard InChI is InChI=1S/C14H13BrOS/c1-2-10-9-11(15)3-8-14(10)17-13-6-4-12(16)5-7-13/h3-9,16H,2H2,1H3. The van der Waals surface area contributed by atoms with Crippen molar-refractivity contribution in [2.24, 2.45) is 0 Å². The van der Waals surface area contributed by atoms with E-state index >= 15 is 0 Å². The van der Waals surface area contributed by atoms with Crippen molar-refractivity contribution in [3.8, 4) is 5.75 Å². The molecule has 0 fully saturated rings. The summed E-state index contributed by atoms with van der Waals surface area (Å²) in [6, 6.07) is 13.6. The molecular formula is C14H13BrOS. The number of benzene rings is 2. The summed E-state index contributed by atoms with van der Waals surface area (Å²) >= 11 is 5.21.